The normalized spacial score (nSPS) is 15.7. The molecule has 0 radical (unpaired) electrons. The fraction of sp³-hybridized carbons (Fsp3) is 0.533. The van der Waals surface area contributed by atoms with E-state index in [9.17, 15) is 9.90 Å². The number of amides is 1. The number of aryl methyl sites for hydroxylation is 1. The van der Waals surface area contributed by atoms with Gasteiger partial charge in [0.1, 0.15) is 5.75 Å². The Bertz CT molecular complexity index is 453. The van der Waals surface area contributed by atoms with E-state index in [1.54, 1.807) is 25.1 Å². The number of phenols is 1. The van der Waals surface area contributed by atoms with E-state index < -0.39 is 0 Å². The first-order chi connectivity index (χ1) is 9.15. The van der Waals surface area contributed by atoms with Crippen LogP contribution >= 0.6 is 0 Å². The Morgan fingerprint density at radius 1 is 1.42 bits per heavy atom. The minimum atomic E-state index is -0.0986. The molecule has 0 spiro atoms. The summed E-state index contributed by atoms with van der Waals surface area (Å²) in [6, 6.07) is 5.56. The van der Waals surface area contributed by atoms with Crippen molar-refractivity contribution in [3.8, 4) is 5.75 Å². The quantitative estimate of drug-likeness (QED) is 0.872. The smallest absolute Gasteiger partial charge is 0.257 e. The number of hydrogen-bond donors (Lipinski definition) is 2. The third-order valence-corrected chi connectivity index (χ3v) is 3.86. The van der Waals surface area contributed by atoms with Crippen molar-refractivity contribution in [1.82, 2.24) is 4.90 Å². The molecule has 4 heteroatoms. The van der Waals surface area contributed by atoms with Crippen LogP contribution in [0, 0.1) is 6.92 Å². The van der Waals surface area contributed by atoms with Gasteiger partial charge in [0.2, 0.25) is 0 Å². The predicted octanol–water partition coefficient (Wildman–Crippen LogP) is 2.04. The summed E-state index contributed by atoms with van der Waals surface area (Å²) in [7, 11) is 0. The second-order valence-corrected chi connectivity index (χ2v) is 5.20. The molecular formula is C15H22N2O2. The summed E-state index contributed by atoms with van der Waals surface area (Å²) < 4.78 is 0. The van der Waals surface area contributed by atoms with E-state index in [-0.39, 0.29) is 17.7 Å². The number of benzene rings is 1. The van der Waals surface area contributed by atoms with Crippen LogP contribution in [-0.2, 0) is 0 Å². The number of phenolic OH excluding ortho intramolecular Hbond substituents is 1. The van der Waals surface area contributed by atoms with E-state index >= 15 is 0 Å². The maximum absolute atomic E-state index is 12.6. The van der Waals surface area contributed by atoms with Crippen LogP contribution in [0.3, 0.4) is 0 Å². The molecule has 1 aromatic rings. The summed E-state index contributed by atoms with van der Waals surface area (Å²) in [6.07, 6.45) is 4.41. The highest BCUT2D eigenvalue weighted by atomic mass is 16.3. The van der Waals surface area contributed by atoms with Crippen LogP contribution in [0.2, 0.25) is 0 Å². The molecule has 0 aromatic heterocycles. The lowest BCUT2D eigenvalue weighted by Crippen LogP contribution is -2.42. The van der Waals surface area contributed by atoms with Crippen molar-refractivity contribution >= 4 is 5.91 Å². The second kappa shape index (κ2) is 6.06. The first kappa shape index (κ1) is 13.9. The molecule has 3 N–H and O–H groups in total. The average molecular weight is 262 g/mol. The fourth-order valence-electron chi connectivity index (χ4n) is 2.79. The van der Waals surface area contributed by atoms with E-state index in [1.165, 1.54) is 12.8 Å². The molecule has 0 aliphatic heterocycles. The standard InChI is InChI=1S/C15H22N2O2/c1-11-5-4-8-13(14(11)18)15(19)17(10-9-16)12-6-2-3-7-12/h4-5,8,12,18H,2-3,6-7,9-10,16H2,1H3. The SMILES string of the molecule is Cc1cccc(C(=O)N(CCN)C2CCCC2)c1O. The molecule has 19 heavy (non-hydrogen) atoms. The molecule has 0 saturated heterocycles. The van der Waals surface area contributed by atoms with Crippen molar-refractivity contribution in [3.63, 3.8) is 0 Å². The maximum atomic E-state index is 12.6. The van der Waals surface area contributed by atoms with Gasteiger partial charge in [-0.05, 0) is 31.4 Å². The van der Waals surface area contributed by atoms with E-state index in [0.29, 0.717) is 18.7 Å². The van der Waals surface area contributed by atoms with Gasteiger partial charge in [0, 0.05) is 19.1 Å². The van der Waals surface area contributed by atoms with Gasteiger partial charge in [-0.25, -0.2) is 0 Å². The minimum Gasteiger partial charge on any atom is -0.507 e. The molecule has 0 unspecified atom stereocenters. The van der Waals surface area contributed by atoms with E-state index in [0.717, 1.165) is 18.4 Å². The molecule has 0 bridgehead atoms. The Morgan fingerprint density at radius 2 is 2.11 bits per heavy atom. The van der Waals surface area contributed by atoms with Crippen LogP contribution in [0.5, 0.6) is 5.75 Å². The summed E-state index contributed by atoms with van der Waals surface area (Å²) in [6.45, 7) is 2.81. The van der Waals surface area contributed by atoms with Crippen LogP contribution in [0.15, 0.2) is 18.2 Å². The summed E-state index contributed by atoms with van der Waals surface area (Å²) in [4.78, 5) is 14.4. The van der Waals surface area contributed by atoms with Gasteiger partial charge >= 0.3 is 0 Å². The molecule has 0 atom stereocenters. The largest absolute Gasteiger partial charge is 0.507 e. The highest BCUT2D eigenvalue weighted by Crippen LogP contribution is 2.28. The van der Waals surface area contributed by atoms with Gasteiger partial charge in [-0.3, -0.25) is 4.79 Å². The van der Waals surface area contributed by atoms with Crippen LogP contribution < -0.4 is 5.73 Å². The number of carbonyl (C=O) groups is 1. The van der Waals surface area contributed by atoms with Crippen molar-refractivity contribution < 1.29 is 9.90 Å². The third-order valence-electron chi connectivity index (χ3n) is 3.86. The number of aromatic hydroxyl groups is 1. The summed E-state index contributed by atoms with van der Waals surface area (Å²) in [5, 5.41) is 10.0. The van der Waals surface area contributed by atoms with E-state index in [1.807, 2.05) is 4.90 Å². The molecule has 1 aliphatic rings. The lowest BCUT2D eigenvalue weighted by atomic mass is 10.1. The topological polar surface area (TPSA) is 66.6 Å². The van der Waals surface area contributed by atoms with Crippen molar-refractivity contribution in [2.75, 3.05) is 13.1 Å². The zero-order valence-electron chi connectivity index (χ0n) is 11.4. The zero-order valence-corrected chi connectivity index (χ0v) is 11.4. The van der Waals surface area contributed by atoms with Gasteiger partial charge in [-0.1, -0.05) is 25.0 Å². The Labute approximate surface area is 114 Å². The first-order valence-electron chi connectivity index (χ1n) is 6.94. The molecule has 2 rings (SSSR count). The molecule has 1 aromatic carbocycles. The van der Waals surface area contributed by atoms with Gasteiger partial charge in [0.15, 0.2) is 0 Å². The average Bonchev–Trinajstić information content (AvgIpc) is 2.92. The minimum absolute atomic E-state index is 0.0903. The van der Waals surface area contributed by atoms with Crippen LogP contribution in [0.4, 0.5) is 0 Å². The number of nitrogens with zero attached hydrogens (tertiary/aromatic N) is 1. The number of para-hydroxylation sites is 1. The van der Waals surface area contributed by atoms with Crippen molar-refractivity contribution in [2.24, 2.45) is 5.73 Å². The summed E-state index contributed by atoms with van der Waals surface area (Å²) in [5.41, 5.74) is 6.74. The molecule has 4 nitrogen and oxygen atoms in total. The van der Waals surface area contributed by atoms with Gasteiger partial charge in [0.05, 0.1) is 5.56 Å². The van der Waals surface area contributed by atoms with Crippen molar-refractivity contribution in [2.45, 2.75) is 38.6 Å². The Morgan fingerprint density at radius 3 is 2.74 bits per heavy atom. The monoisotopic (exact) mass is 262 g/mol. The fourth-order valence-corrected chi connectivity index (χ4v) is 2.79. The first-order valence-corrected chi connectivity index (χ1v) is 6.94. The molecule has 1 saturated carbocycles. The van der Waals surface area contributed by atoms with E-state index in [4.69, 9.17) is 5.73 Å². The molecular weight excluding hydrogens is 240 g/mol. The highest BCUT2D eigenvalue weighted by molar-refractivity contribution is 5.97. The van der Waals surface area contributed by atoms with Crippen LogP contribution in [-0.4, -0.2) is 35.0 Å². The Kier molecular flexibility index (Phi) is 4.43. The van der Waals surface area contributed by atoms with Gasteiger partial charge in [-0.2, -0.15) is 0 Å². The molecule has 104 valence electrons. The number of hydrogen-bond acceptors (Lipinski definition) is 3. The molecule has 1 aliphatic carbocycles. The maximum Gasteiger partial charge on any atom is 0.257 e. The molecule has 1 amide bonds. The lowest BCUT2D eigenvalue weighted by molar-refractivity contribution is 0.0685. The number of rotatable bonds is 4. The Balaban J connectivity index is 2.25. The summed E-state index contributed by atoms with van der Waals surface area (Å²) >= 11 is 0. The second-order valence-electron chi connectivity index (χ2n) is 5.20. The third kappa shape index (κ3) is 2.89. The molecule has 1 fully saturated rings. The highest BCUT2D eigenvalue weighted by Gasteiger charge is 2.28. The van der Waals surface area contributed by atoms with Crippen LogP contribution in [0.25, 0.3) is 0 Å². The van der Waals surface area contributed by atoms with E-state index in [2.05, 4.69) is 0 Å². The van der Waals surface area contributed by atoms with Gasteiger partial charge in [-0.15, -0.1) is 0 Å². The van der Waals surface area contributed by atoms with Crippen molar-refractivity contribution in [3.05, 3.63) is 29.3 Å². The number of carbonyl (C=O) groups excluding carboxylic acids is 1. The molecule has 0 heterocycles. The number of nitrogens with two attached hydrogens (primary N) is 1. The van der Waals surface area contributed by atoms with Crippen LogP contribution in [0.1, 0.15) is 41.6 Å². The lowest BCUT2D eigenvalue weighted by Gasteiger charge is -2.29. The summed E-state index contributed by atoms with van der Waals surface area (Å²) in [5.74, 6) is -0.00827. The predicted molar refractivity (Wildman–Crippen MR) is 75.2 cm³/mol. The Hall–Kier alpha value is -1.55. The van der Waals surface area contributed by atoms with Crippen molar-refractivity contribution in [1.29, 1.82) is 0 Å². The van der Waals surface area contributed by atoms with Gasteiger partial charge in [0.25, 0.3) is 5.91 Å². The zero-order chi connectivity index (χ0) is 13.8. The van der Waals surface area contributed by atoms with Gasteiger partial charge < -0.3 is 15.7 Å².